The van der Waals surface area contributed by atoms with Crippen LogP contribution in [0.5, 0.6) is 0 Å². The van der Waals surface area contributed by atoms with Crippen molar-refractivity contribution in [1.82, 2.24) is 14.9 Å². The monoisotopic (exact) mass is 364 g/mol. The average Bonchev–Trinajstić information content (AvgIpc) is 2.97. The lowest BCUT2D eigenvalue weighted by molar-refractivity contribution is 0.0690. The van der Waals surface area contributed by atoms with Crippen LogP contribution in [0, 0.1) is 5.82 Å². The number of nitrogens with one attached hydrogen (secondary N) is 1. The lowest BCUT2D eigenvalue weighted by Gasteiger charge is -2.29. The van der Waals surface area contributed by atoms with Crippen molar-refractivity contribution in [1.29, 1.82) is 0 Å². The summed E-state index contributed by atoms with van der Waals surface area (Å²) in [6.07, 6.45) is 0. The molecule has 4 rings (SSSR count). The molecule has 2 aromatic rings. The second kappa shape index (κ2) is 5.99. The van der Waals surface area contributed by atoms with Gasteiger partial charge < -0.3 is 19.9 Å². The lowest BCUT2D eigenvalue weighted by Crippen LogP contribution is -2.44. The van der Waals surface area contributed by atoms with Gasteiger partial charge in [-0.1, -0.05) is 0 Å². The molecule has 0 radical (unpaired) electrons. The number of carbonyl (C=O) groups is 1. The van der Waals surface area contributed by atoms with E-state index in [0.29, 0.717) is 29.5 Å². The van der Waals surface area contributed by atoms with Gasteiger partial charge in [-0.25, -0.2) is 14.2 Å². The first-order chi connectivity index (χ1) is 12.0. The van der Waals surface area contributed by atoms with E-state index in [1.807, 2.05) is 11.8 Å². The molecule has 1 saturated heterocycles. The number of carboxylic acids is 1. The number of thioether (sulfide) groups is 1. The standard InChI is InChI=1S/C16H17FN4O3S/c1-8-7-25-15-11(16(23)24)12(22)9-6-10(17)14(19-13(9)21(8)15)20-4-2-18-3-5-20/h6,8,18H,2-5,7H2,1H3,(H,23,24). The van der Waals surface area contributed by atoms with Crippen molar-refractivity contribution in [2.45, 2.75) is 18.0 Å². The molecule has 0 bridgehead atoms. The molecular formula is C16H17FN4O3S. The van der Waals surface area contributed by atoms with E-state index in [2.05, 4.69) is 10.3 Å². The molecule has 0 aromatic carbocycles. The summed E-state index contributed by atoms with van der Waals surface area (Å²) < 4.78 is 16.4. The van der Waals surface area contributed by atoms with Gasteiger partial charge >= 0.3 is 5.97 Å². The van der Waals surface area contributed by atoms with E-state index in [-0.39, 0.29) is 22.8 Å². The van der Waals surface area contributed by atoms with Crippen LogP contribution in [-0.2, 0) is 0 Å². The highest BCUT2D eigenvalue weighted by molar-refractivity contribution is 7.99. The minimum absolute atomic E-state index is 0.0185. The van der Waals surface area contributed by atoms with Crippen LogP contribution in [0.3, 0.4) is 0 Å². The summed E-state index contributed by atoms with van der Waals surface area (Å²) in [5.41, 5.74) is -0.607. The molecule has 0 spiro atoms. The quantitative estimate of drug-likeness (QED) is 0.831. The molecule has 1 unspecified atom stereocenters. The number of fused-ring (bicyclic) bond motifs is 3. The molecule has 0 aliphatic carbocycles. The van der Waals surface area contributed by atoms with Gasteiger partial charge in [0.15, 0.2) is 11.6 Å². The van der Waals surface area contributed by atoms with Gasteiger partial charge in [0, 0.05) is 38.0 Å². The van der Waals surface area contributed by atoms with Crippen molar-refractivity contribution in [2.75, 3.05) is 36.8 Å². The fourth-order valence-electron chi connectivity index (χ4n) is 3.38. The summed E-state index contributed by atoms with van der Waals surface area (Å²) in [5, 5.41) is 13.1. The zero-order valence-electron chi connectivity index (χ0n) is 13.6. The Balaban J connectivity index is 2.02. The molecule has 25 heavy (non-hydrogen) atoms. The molecule has 1 fully saturated rings. The van der Waals surface area contributed by atoms with Crippen LogP contribution in [0.1, 0.15) is 23.3 Å². The summed E-state index contributed by atoms with van der Waals surface area (Å²) in [6, 6.07) is 1.12. The highest BCUT2D eigenvalue weighted by Crippen LogP contribution is 2.37. The Morgan fingerprint density at radius 3 is 2.84 bits per heavy atom. The molecule has 1 atom stereocenters. The van der Waals surface area contributed by atoms with Crippen LogP contribution in [0.25, 0.3) is 11.0 Å². The maximum atomic E-state index is 14.6. The fourth-order valence-corrected chi connectivity index (χ4v) is 4.66. The number of pyridine rings is 2. The Morgan fingerprint density at radius 1 is 1.44 bits per heavy atom. The van der Waals surface area contributed by atoms with E-state index >= 15 is 0 Å². The normalized spacial score (nSPS) is 20.1. The molecular weight excluding hydrogens is 347 g/mol. The van der Waals surface area contributed by atoms with Crippen LogP contribution >= 0.6 is 11.8 Å². The molecule has 4 heterocycles. The molecule has 0 saturated carbocycles. The first-order valence-corrected chi connectivity index (χ1v) is 9.08. The van der Waals surface area contributed by atoms with Gasteiger partial charge in [-0.05, 0) is 13.0 Å². The molecule has 2 aliphatic rings. The van der Waals surface area contributed by atoms with Crippen molar-refractivity contribution in [3.8, 4) is 0 Å². The van der Waals surface area contributed by atoms with E-state index in [1.165, 1.54) is 11.8 Å². The number of aromatic nitrogens is 2. The third-order valence-electron chi connectivity index (χ3n) is 4.60. The first-order valence-electron chi connectivity index (χ1n) is 8.09. The van der Waals surface area contributed by atoms with Crippen LogP contribution in [0.15, 0.2) is 15.9 Å². The summed E-state index contributed by atoms with van der Waals surface area (Å²) in [4.78, 5) is 30.5. The second-order valence-corrected chi connectivity index (χ2v) is 7.26. The molecule has 2 aromatic heterocycles. The van der Waals surface area contributed by atoms with Crippen LogP contribution in [-0.4, -0.2) is 52.6 Å². The number of nitrogens with zero attached hydrogens (tertiary/aromatic N) is 3. The largest absolute Gasteiger partial charge is 0.477 e. The molecule has 132 valence electrons. The maximum absolute atomic E-state index is 14.6. The molecule has 7 nitrogen and oxygen atoms in total. The Hall–Kier alpha value is -2.13. The van der Waals surface area contributed by atoms with Crippen molar-refractivity contribution >= 4 is 34.6 Å². The van der Waals surface area contributed by atoms with Crippen molar-refractivity contribution in [3.05, 3.63) is 27.7 Å². The first kappa shape index (κ1) is 16.3. The van der Waals surface area contributed by atoms with Crippen LogP contribution in [0.4, 0.5) is 10.2 Å². The highest BCUT2D eigenvalue weighted by Gasteiger charge is 2.31. The Bertz CT molecular complexity index is 939. The van der Waals surface area contributed by atoms with Gasteiger partial charge in [0.05, 0.1) is 10.4 Å². The van der Waals surface area contributed by atoms with Crippen molar-refractivity contribution < 1.29 is 14.3 Å². The number of hydrogen-bond acceptors (Lipinski definition) is 6. The Morgan fingerprint density at radius 2 is 2.16 bits per heavy atom. The molecule has 2 aliphatic heterocycles. The van der Waals surface area contributed by atoms with Crippen LogP contribution < -0.4 is 15.6 Å². The number of anilines is 1. The zero-order chi connectivity index (χ0) is 17.7. The van der Waals surface area contributed by atoms with Gasteiger partial charge in [-0.15, -0.1) is 11.8 Å². The number of carboxylic acid groups (broad SMARTS) is 1. The van der Waals surface area contributed by atoms with Crippen LogP contribution in [0.2, 0.25) is 0 Å². The summed E-state index contributed by atoms with van der Waals surface area (Å²) >= 11 is 1.33. The topological polar surface area (TPSA) is 87.5 Å². The van der Waals surface area contributed by atoms with Gasteiger partial charge in [0.25, 0.3) is 0 Å². The number of piperazine rings is 1. The van der Waals surface area contributed by atoms with E-state index in [1.54, 1.807) is 4.57 Å². The number of halogens is 1. The lowest BCUT2D eigenvalue weighted by atomic mass is 10.1. The highest BCUT2D eigenvalue weighted by atomic mass is 32.2. The summed E-state index contributed by atoms with van der Waals surface area (Å²) in [6.45, 7) is 4.67. The van der Waals surface area contributed by atoms with Crippen molar-refractivity contribution in [3.63, 3.8) is 0 Å². The number of aromatic carboxylic acids is 1. The Kier molecular flexibility index (Phi) is 3.92. The van der Waals surface area contributed by atoms with E-state index in [0.717, 1.165) is 19.2 Å². The molecule has 2 N–H and O–H groups in total. The van der Waals surface area contributed by atoms with E-state index in [4.69, 9.17) is 0 Å². The van der Waals surface area contributed by atoms with E-state index in [9.17, 15) is 19.1 Å². The minimum Gasteiger partial charge on any atom is -0.477 e. The van der Waals surface area contributed by atoms with Gasteiger partial charge in [-0.3, -0.25) is 4.79 Å². The predicted molar refractivity (Wildman–Crippen MR) is 93.4 cm³/mol. The zero-order valence-corrected chi connectivity index (χ0v) is 14.4. The van der Waals surface area contributed by atoms with Gasteiger partial charge in [-0.2, -0.15) is 0 Å². The molecule has 9 heteroatoms. The predicted octanol–water partition coefficient (Wildman–Crippen LogP) is 1.31. The Labute approximate surface area is 146 Å². The van der Waals surface area contributed by atoms with Gasteiger partial charge in [0.1, 0.15) is 11.2 Å². The van der Waals surface area contributed by atoms with E-state index < -0.39 is 17.2 Å². The van der Waals surface area contributed by atoms with Crippen molar-refractivity contribution in [2.24, 2.45) is 0 Å². The number of hydrogen-bond donors (Lipinski definition) is 2. The third-order valence-corrected chi connectivity index (χ3v) is 5.93. The van der Waals surface area contributed by atoms with Gasteiger partial charge in [0.2, 0.25) is 5.43 Å². The molecule has 0 amide bonds. The average molecular weight is 364 g/mol. The SMILES string of the molecule is CC1CSc2c(C(=O)O)c(=O)c3cc(F)c(N4CCNCC4)nc3n21. The fraction of sp³-hybridized carbons (Fsp3) is 0.438. The summed E-state index contributed by atoms with van der Waals surface area (Å²) in [7, 11) is 0. The third kappa shape index (κ3) is 2.49. The summed E-state index contributed by atoms with van der Waals surface area (Å²) in [5.74, 6) is -1.01. The smallest absolute Gasteiger partial charge is 0.342 e. The maximum Gasteiger partial charge on any atom is 0.342 e. The minimum atomic E-state index is -1.29. The second-order valence-electron chi connectivity index (χ2n) is 6.25. The number of rotatable bonds is 2.